The molecule has 156 valence electrons. The van der Waals surface area contributed by atoms with E-state index in [-0.39, 0.29) is 11.5 Å². The van der Waals surface area contributed by atoms with Crippen molar-refractivity contribution in [1.82, 2.24) is 0 Å². The van der Waals surface area contributed by atoms with E-state index in [1.165, 1.54) is 6.07 Å². The van der Waals surface area contributed by atoms with Crippen molar-refractivity contribution in [2.45, 2.75) is 80.6 Å². The summed E-state index contributed by atoms with van der Waals surface area (Å²) in [5, 5.41) is 11.7. The first-order chi connectivity index (χ1) is 12.9. The van der Waals surface area contributed by atoms with Gasteiger partial charge in [-0.25, -0.2) is 8.42 Å². The van der Waals surface area contributed by atoms with Gasteiger partial charge < -0.3 is 28.8 Å². The van der Waals surface area contributed by atoms with Gasteiger partial charge in [-0.15, -0.1) is 0 Å². The minimum Gasteiger partial charge on any atom is -0.370 e. The van der Waals surface area contributed by atoms with E-state index >= 15 is 0 Å². The molecule has 28 heavy (non-hydrogen) atoms. The standard InChI is InChI=1S/C19H26O8S/c1-11-8-6-7-9-13(11)28(21,22)19(20)14(12-10-23-17(2,3)25-12)24-16-15(19)26-18(4,5)27-16/h6-9,12,14-16,20H,10H2,1-5H3/t12-,14-,15+,16-,19+/m1/s1. The van der Waals surface area contributed by atoms with Crippen LogP contribution in [-0.2, 0) is 33.5 Å². The highest BCUT2D eigenvalue weighted by Gasteiger charge is 2.72. The van der Waals surface area contributed by atoms with Crippen molar-refractivity contribution in [2.24, 2.45) is 0 Å². The van der Waals surface area contributed by atoms with Gasteiger partial charge in [0.15, 0.2) is 24.0 Å². The molecule has 3 aliphatic rings. The molecule has 4 rings (SSSR count). The molecule has 8 nitrogen and oxygen atoms in total. The minimum absolute atomic E-state index is 0.0123. The Morgan fingerprint density at radius 1 is 1.00 bits per heavy atom. The molecule has 1 N–H and O–H groups in total. The molecule has 1 aromatic carbocycles. The first kappa shape index (κ1) is 20.2. The lowest BCUT2D eigenvalue weighted by atomic mass is 10.1. The molecule has 5 atom stereocenters. The zero-order valence-electron chi connectivity index (χ0n) is 16.5. The molecule has 0 aliphatic carbocycles. The summed E-state index contributed by atoms with van der Waals surface area (Å²) in [6, 6.07) is 6.48. The van der Waals surface area contributed by atoms with E-state index in [0.29, 0.717) is 5.56 Å². The number of fused-ring (bicyclic) bond motifs is 1. The maximum Gasteiger partial charge on any atom is 0.231 e. The van der Waals surface area contributed by atoms with Crippen LogP contribution in [0.5, 0.6) is 0 Å². The molecule has 0 bridgehead atoms. The highest BCUT2D eigenvalue weighted by Crippen LogP contribution is 2.50. The van der Waals surface area contributed by atoms with Crippen molar-refractivity contribution in [2.75, 3.05) is 6.61 Å². The van der Waals surface area contributed by atoms with Gasteiger partial charge in [-0.1, -0.05) is 18.2 Å². The average molecular weight is 414 g/mol. The van der Waals surface area contributed by atoms with Crippen LogP contribution >= 0.6 is 0 Å². The van der Waals surface area contributed by atoms with Crippen LogP contribution in [0.2, 0.25) is 0 Å². The van der Waals surface area contributed by atoms with Crippen LogP contribution < -0.4 is 0 Å². The van der Waals surface area contributed by atoms with E-state index in [9.17, 15) is 13.5 Å². The normalized spacial score (nSPS) is 39.2. The minimum atomic E-state index is -4.31. The SMILES string of the molecule is Cc1ccccc1S(=O)(=O)[C@@]1(O)[C@@H]([C@H]2COC(C)(C)O2)O[C@@H]2OC(C)(C)O[C@@H]21. The van der Waals surface area contributed by atoms with Crippen LogP contribution in [0.1, 0.15) is 33.3 Å². The zero-order chi connectivity index (χ0) is 20.5. The Kier molecular flexibility index (Phi) is 4.49. The molecule has 0 amide bonds. The fourth-order valence-corrected chi connectivity index (χ4v) is 6.15. The topological polar surface area (TPSA) is 101 Å². The van der Waals surface area contributed by atoms with Crippen molar-refractivity contribution >= 4 is 9.84 Å². The van der Waals surface area contributed by atoms with Crippen LogP contribution in [0, 0.1) is 6.92 Å². The third-order valence-corrected chi connectivity index (χ3v) is 7.70. The zero-order valence-corrected chi connectivity index (χ0v) is 17.4. The predicted molar refractivity (Wildman–Crippen MR) is 96.9 cm³/mol. The van der Waals surface area contributed by atoms with Gasteiger partial charge in [-0.05, 0) is 46.2 Å². The molecule has 9 heteroatoms. The van der Waals surface area contributed by atoms with Gasteiger partial charge in [-0.2, -0.15) is 0 Å². The largest absolute Gasteiger partial charge is 0.370 e. The lowest BCUT2D eigenvalue weighted by molar-refractivity contribution is -0.237. The number of ether oxygens (including phenoxy) is 5. The van der Waals surface area contributed by atoms with Gasteiger partial charge >= 0.3 is 0 Å². The Balaban J connectivity index is 1.82. The highest BCUT2D eigenvalue weighted by molar-refractivity contribution is 7.92. The third-order valence-electron chi connectivity index (χ3n) is 5.34. The fraction of sp³-hybridized carbons (Fsp3) is 0.684. The first-order valence-electron chi connectivity index (χ1n) is 9.23. The summed E-state index contributed by atoms with van der Waals surface area (Å²) >= 11 is 0. The second-order valence-electron chi connectivity index (χ2n) is 8.37. The second kappa shape index (κ2) is 6.21. The molecule has 3 aliphatic heterocycles. The fourth-order valence-electron chi connectivity index (χ4n) is 4.07. The Labute approximate surface area is 164 Å². The molecular formula is C19H26O8S. The Morgan fingerprint density at radius 2 is 1.68 bits per heavy atom. The summed E-state index contributed by atoms with van der Waals surface area (Å²) in [5.74, 6) is -2.01. The summed E-state index contributed by atoms with van der Waals surface area (Å²) in [5.41, 5.74) is 0.514. The van der Waals surface area contributed by atoms with Crippen molar-refractivity contribution in [3.63, 3.8) is 0 Å². The first-order valence-corrected chi connectivity index (χ1v) is 10.7. The molecule has 0 saturated carbocycles. The highest BCUT2D eigenvalue weighted by atomic mass is 32.2. The van der Waals surface area contributed by atoms with Crippen LogP contribution in [0.4, 0.5) is 0 Å². The molecule has 0 spiro atoms. The molecule has 0 aromatic heterocycles. The molecule has 3 heterocycles. The summed E-state index contributed by atoms with van der Waals surface area (Å²) in [7, 11) is -4.31. The van der Waals surface area contributed by atoms with Gasteiger partial charge in [0.25, 0.3) is 0 Å². The van der Waals surface area contributed by atoms with E-state index in [0.717, 1.165) is 0 Å². The van der Waals surface area contributed by atoms with Gasteiger partial charge in [0.1, 0.15) is 12.2 Å². The summed E-state index contributed by atoms with van der Waals surface area (Å²) in [6.07, 6.45) is -4.33. The molecule has 3 fully saturated rings. The van der Waals surface area contributed by atoms with Crippen LogP contribution in [0.25, 0.3) is 0 Å². The summed E-state index contributed by atoms with van der Waals surface area (Å²) in [6.45, 7) is 8.46. The van der Waals surface area contributed by atoms with Gasteiger partial charge in [0.05, 0.1) is 11.5 Å². The number of aliphatic hydroxyl groups is 1. The molecule has 0 radical (unpaired) electrons. The maximum atomic E-state index is 13.7. The van der Waals surface area contributed by atoms with E-state index in [1.807, 2.05) is 0 Å². The number of hydrogen-bond acceptors (Lipinski definition) is 8. The van der Waals surface area contributed by atoms with E-state index in [4.69, 9.17) is 23.7 Å². The van der Waals surface area contributed by atoms with Crippen LogP contribution in [0.3, 0.4) is 0 Å². The second-order valence-corrected chi connectivity index (χ2v) is 10.5. The number of hydrogen-bond donors (Lipinski definition) is 1. The molecule has 3 saturated heterocycles. The smallest absolute Gasteiger partial charge is 0.231 e. The van der Waals surface area contributed by atoms with E-state index < -0.39 is 50.9 Å². The lowest BCUT2D eigenvalue weighted by Crippen LogP contribution is -2.59. The third kappa shape index (κ3) is 2.92. The van der Waals surface area contributed by atoms with E-state index in [2.05, 4.69) is 0 Å². The van der Waals surface area contributed by atoms with Crippen LogP contribution in [0.15, 0.2) is 29.2 Å². The Bertz CT molecular complexity index is 880. The van der Waals surface area contributed by atoms with Gasteiger partial charge in [0, 0.05) is 0 Å². The van der Waals surface area contributed by atoms with Crippen molar-refractivity contribution in [3.05, 3.63) is 29.8 Å². The van der Waals surface area contributed by atoms with Crippen molar-refractivity contribution < 1.29 is 37.2 Å². The molecule has 1 aromatic rings. The average Bonchev–Trinajstić information content (AvgIpc) is 3.18. The van der Waals surface area contributed by atoms with Crippen molar-refractivity contribution in [3.8, 4) is 0 Å². The molecule has 0 unspecified atom stereocenters. The number of sulfone groups is 1. The monoisotopic (exact) mass is 414 g/mol. The van der Waals surface area contributed by atoms with Crippen LogP contribution in [-0.4, -0.2) is 61.2 Å². The number of benzene rings is 1. The lowest BCUT2D eigenvalue weighted by Gasteiger charge is -2.35. The van der Waals surface area contributed by atoms with Gasteiger partial charge in [0.2, 0.25) is 14.8 Å². The summed E-state index contributed by atoms with van der Waals surface area (Å²) in [4.78, 5) is -2.40. The van der Waals surface area contributed by atoms with Crippen molar-refractivity contribution in [1.29, 1.82) is 0 Å². The number of aryl methyl sites for hydroxylation is 1. The predicted octanol–water partition coefficient (Wildman–Crippen LogP) is 1.49. The maximum absolute atomic E-state index is 13.7. The summed E-state index contributed by atoms with van der Waals surface area (Å²) < 4.78 is 56.2. The Hall–Kier alpha value is -1.07. The van der Waals surface area contributed by atoms with E-state index in [1.54, 1.807) is 52.8 Å². The quantitative estimate of drug-likeness (QED) is 0.794. The van der Waals surface area contributed by atoms with Gasteiger partial charge in [-0.3, -0.25) is 0 Å². The number of rotatable bonds is 3. The Morgan fingerprint density at radius 3 is 2.29 bits per heavy atom. The molecular weight excluding hydrogens is 388 g/mol.